The summed E-state index contributed by atoms with van der Waals surface area (Å²) in [7, 11) is 0. The van der Waals surface area contributed by atoms with Crippen molar-refractivity contribution in [3.05, 3.63) is 15.6 Å². The fourth-order valence-corrected chi connectivity index (χ4v) is 1.55. The summed E-state index contributed by atoms with van der Waals surface area (Å²) in [5, 5.41) is 0.156. The Morgan fingerprint density at radius 3 is 2.27 bits per heavy atom. The second-order valence-electron chi connectivity index (χ2n) is 2.88. The Morgan fingerprint density at radius 2 is 1.80 bits per heavy atom. The van der Waals surface area contributed by atoms with Crippen LogP contribution in [0.15, 0.2) is 0 Å². The highest BCUT2D eigenvalue weighted by molar-refractivity contribution is 6.37. The third kappa shape index (κ3) is 3.65. The van der Waals surface area contributed by atoms with Gasteiger partial charge in [0.05, 0.1) is 0 Å². The van der Waals surface area contributed by atoms with Gasteiger partial charge in [-0.3, -0.25) is 0 Å². The van der Waals surface area contributed by atoms with Crippen LogP contribution in [-0.4, -0.2) is 22.6 Å². The molecular formula is C8H10Cl3N3O. The van der Waals surface area contributed by atoms with Gasteiger partial charge >= 0.3 is 0 Å². The Hall–Kier alpha value is -0.290. The number of ether oxygens (including phenoxy) is 1. The van der Waals surface area contributed by atoms with Gasteiger partial charge in [0, 0.05) is 6.04 Å². The van der Waals surface area contributed by atoms with E-state index in [-0.39, 0.29) is 27.4 Å². The van der Waals surface area contributed by atoms with E-state index >= 15 is 0 Å². The maximum Gasteiger partial charge on any atom is 0.225 e. The molecule has 1 heterocycles. The number of hydrogen-bond donors (Lipinski definition) is 1. The molecule has 0 aromatic carbocycles. The summed E-state index contributed by atoms with van der Waals surface area (Å²) in [6, 6.07) is -0.0761. The molecule has 0 aliphatic carbocycles. The van der Waals surface area contributed by atoms with Crippen LogP contribution in [-0.2, 0) is 0 Å². The van der Waals surface area contributed by atoms with Gasteiger partial charge < -0.3 is 10.5 Å². The molecule has 0 unspecified atom stereocenters. The molecule has 84 valence electrons. The van der Waals surface area contributed by atoms with E-state index in [2.05, 4.69) is 9.97 Å². The Labute approximate surface area is 103 Å². The second kappa shape index (κ2) is 5.70. The molecule has 0 saturated heterocycles. The van der Waals surface area contributed by atoms with Crippen molar-refractivity contribution in [2.45, 2.75) is 19.4 Å². The Morgan fingerprint density at radius 1 is 1.27 bits per heavy atom. The number of nitrogens with two attached hydrogens (primary N) is 1. The van der Waals surface area contributed by atoms with E-state index in [1.54, 1.807) is 0 Å². The van der Waals surface area contributed by atoms with Gasteiger partial charge in [0.2, 0.25) is 5.28 Å². The first kappa shape index (κ1) is 12.8. The van der Waals surface area contributed by atoms with Gasteiger partial charge in [-0.15, -0.1) is 0 Å². The van der Waals surface area contributed by atoms with Crippen molar-refractivity contribution in [3.63, 3.8) is 0 Å². The minimum Gasteiger partial charge on any atom is -0.486 e. The van der Waals surface area contributed by atoms with E-state index < -0.39 is 0 Å². The van der Waals surface area contributed by atoms with E-state index in [1.807, 2.05) is 6.92 Å². The van der Waals surface area contributed by atoms with Gasteiger partial charge in [-0.05, 0) is 18.0 Å². The van der Waals surface area contributed by atoms with Crippen molar-refractivity contribution in [1.29, 1.82) is 0 Å². The molecule has 7 heteroatoms. The van der Waals surface area contributed by atoms with Crippen molar-refractivity contribution in [2.75, 3.05) is 6.61 Å². The van der Waals surface area contributed by atoms with Crippen LogP contribution < -0.4 is 10.5 Å². The van der Waals surface area contributed by atoms with Crippen molar-refractivity contribution < 1.29 is 4.74 Å². The van der Waals surface area contributed by atoms with Crippen molar-refractivity contribution >= 4 is 34.8 Å². The fourth-order valence-electron chi connectivity index (χ4n) is 0.801. The summed E-state index contributed by atoms with van der Waals surface area (Å²) in [5.41, 5.74) is 5.67. The van der Waals surface area contributed by atoms with E-state index in [9.17, 15) is 0 Å². The molecule has 0 radical (unpaired) electrons. The minimum atomic E-state index is -0.0761. The van der Waals surface area contributed by atoms with Crippen LogP contribution in [0.4, 0.5) is 0 Å². The fraction of sp³-hybridized carbons (Fsp3) is 0.500. The average molecular weight is 271 g/mol. The summed E-state index contributed by atoms with van der Waals surface area (Å²) in [6.07, 6.45) is 0.795. The Balaban J connectivity index is 2.77. The van der Waals surface area contributed by atoms with Crippen LogP contribution in [0, 0.1) is 0 Å². The van der Waals surface area contributed by atoms with E-state index in [0.29, 0.717) is 6.61 Å². The first-order valence-corrected chi connectivity index (χ1v) is 5.45. The van der Waals surface area contributed by atoms with Crippen LogP contribution in [0.1, 0.15) is 13.3 Å². The number of aromatic nitrogens is 2. The van der Waals surface area contributed by atoms with Gasteiger partial charge in [-0.2, -0.15) is 0 Å². The third-order valence-electron chi connectivity index (χ3n) is 1.72. The average Bonchev–Trinajstić information content (AvgIpc) is 2.15. The van der Waals surface area contributed by atoms with Gasteiger partial charge in [-0.1, -0.05) is 30.1 Å². The summed E-state index contributed by atoms with van der Waals surface area (Å²) >= 11 is 17.1. The summed E-state index contributed by atoms with van der Waals surface area (Å²) in [5.74, 6) is 0.214. The largest absolute Gasteiger partial charge is 0.486 e. The zero-order valence-corrected chi connectivity index (χ0v) is 10.3. The summed E-state index contributed by atoms with van der Waals surface area (Å²) in [6.45, 7) is 2.26. The van der Waals surface area contributed by atoms with Gasteiger partial charge in [0.15, 0.2) is 16.1 Å². The Kier molecular flexibility index (Phi) is 4.86. The molecule has 0 spiro atoms. The number of halogens is 3. The molecular weight excluding hydrogens is 260 g/mol. The number of rotatable bonds is 4. The highest BCUT2D eigenvalue weighted by Crippen LogP contribution is 2.30. The first-order chi connectivity index (χ1) is 7.04. The molecule has 1 atom stereocenters. The number of hydrogen-bond acceptors (Lipinski definition) is 4. The lowest BCUT2D eigenvalue weighted by molar-refractivity contribution is 0.283. The third-order valence-corrected chi connectivity index (χ3v) is 2.40. The Bertz CT molecular complexity index is 325. The summed E-state index contributed by atoms with van der Waals surface area (Å²) < 4.78 is 5.30. The topological polar surface area (TPSA) is 61.0 Å². The molecule has 1 rings (SSSR count). The van der Waals surface area contributed by atoms with Crippen molar-refractivity contribution in [1.82, 2.24) is 9.97 Å². The highest BCUT2D eigenvalue weighted by atomic mass is 35.5. The van der Waals surface area contributed by atoms with Crippen LogP contribution in [0.25, 0.3) is 0 Å². The lowest BCUT2D eigenvalue weighted by Gasteiger charge is -2.12. The van der Waals surface area contributed by atoms with Gasteiger partial charge in [-0.25, -0.2) is 9.97 Å². The monoisotopic (exact) mass is 269 g/mol. The SMILES string of the molecule is CC[C@@H](N)COc1c(Cl)nc(Cl)nc1Cl. The lowest BCUT2D eigenvalue weighted by atomic mass is 10.3. The lowest BCUT2D eigenvalue weighted by Crippen LogP contribution is -2.26. The molecule has 2 N–H and O–H groups in total. The molecule has 0 fully saturated rings. The normalized spacial score (nSPS) is 12.6. The molecule has 4 nitrogen and oxygen atoms in total. The van der Waals surface area contributed by atoms with Crippen LogP contribution >= 0.6 is 34.8 Å². The van der Waals surface area contributed by atoms with E-state index in [1.165, 1.54) is 0 Å². The zero-order chi connectivity index (χ0) is 11.4. The molecule has 0 aliphatic rings. The maximum absolute atomic E-state index is 5.78. The van der Waals surface area contributed by atoms with Crippen LogP contribution in [0.3, 0.4) is 0 Å². The standard InChI is InChI=1S/C8H10Cl3N3O/c1-2-4(12)3-15-5-6(9)13-8(11)14-7(5)10/h4H,2-3,12H2,1H3/t4-/m1/s1. The predicted octanol–water partition coefficient (Wildman–Crippen LogP) is 2.55. The van der Waals surface area contributed by atoms with Crippen LogP contribution in [0.2, 0.25) is 15.6 Å². The minimum absolute atomic E-state index is 0.0165. The smallest absolute Gasteiger partial charge is 0.225 e. The van der Waals surface area contributed by atoms with Crippen LogP contribution in [0.5, 0.6) is 5.75 Å². The maximum atomic E-state index is 5.78. The number of nitrogens with zero attached hydrogens (tertiary/aromatic N) is 2. The first-order valence-electron chi connectivity index (χ1n) is 4.31. The second-order valence-corrected chi connectivity index (χ2v) is 3.94. The molecule has 0 amide bonds. The van der Waals surface area contributed by atoms with Crippen molar-refractivity contribution in [2.24, 2.45) is 5.73 Å². The molecule has 1 aromatic rings. The van der Waals surface area contributed by atoms with Gasteiger partial charge in [0.25, 0.3) is 0 Å². The molecule has 1 aromatic heterocycles. The molecule has 0 aliphatic heterocycles. The van der Waals surface area contributed by atoms with E-state index in [0.717, 1.165) is 6.42 Å². The highest BCUT2D eigenvalue weighted by Gasteiger charge is 2.13. The van der Waals surface area contributed by atoms with E-state index in [4.69, 9.17) is 45.3 Å². The molecule has 15 heavy (non-hydrogen) atoms. The quantitative estimate of drug-likeness (QED) is 0.675. The molecule has 0 bridgehead atoms. The molecule has 0 saturated carbocycles. The van der Waals surface area contributed by atoms with Gasteiger partial charge in [0.1, 0.15) is 6.61 Å². The zero-order valence-electron chi connectivity index (χ0n) is 8.01. The summed E-state index contributed by atoms with van der Waals surface area (Å²) in [4.78, 5) is 7.42. The predicted molar refractivity (Wildman–Crippen MR) is 60.8 cm³/mol. The van der Waals surface area contributed by atoms with Crippen molar-refractivity contribution in [3.8, 4) is 5.75 Å².